The van der Waals surface area contributed by atoms with Gasteiger partial charge in [0, 0.05) is 11.8 Å². The Kier molecular flexibility index (Phi) is 6.48. The van der Waals surface area contributed by atoms with Gasteiger partial charge >= 0.3 is 0 Å². The van der Waals surface area contributed by atoms with E-state index in [2.05, 4.69) is 26.8 Å². The minimum atomic E-state index is -0.328. The summed E-state index contributed by atoms with van der Waals surface area (Å²) in [5, 5.41) is 10.7. The maximum absolute atomic E-state index is 12.6. The highest BCUT2D eigenvalue weighted by Crippen LogP contribution is 2.33. The molecule has 1 aromatic heterocycles. The molecule has 1 aliphatic heterocycles. The van der Waals surface area contributed by atoms with Gasteiger partial charge < -0.3 is 14.8 Å². The number of benzene rings is 3. The summed E-state index contributed by atoms with van der Waals surface area (Å²) in [5.74, 6) is 1.95. The van der Waals surface area contributed by atoms with Gasteiger partial charge in [-0.05, 0) is 53.1 Å². The predicted octanol–water partition coefficient (Wildman–Crippen LogP) is 5.00. The Hall–Kier alpha value is -4.85. The minimum absolute atomic E-state index is 0.211. The Morgan fingerprint density at radius 2 is 1.61 bits per heavy atom. The van der Waals surface area contributed by atoms with Gasteiger partial charge in [0.05, 0.1) is 14.2 Å². The average molecular weight is 480 g/mol. The van der Waals surface area contributed by atoms with E-state index >= 15 is 0 Å². The van der Waals surface area contributed by atoms with Crippen molar-refractivity contribution in [3.63, 3.8) is 0 Å². The average Bonchev–Trinajstić information content (AvgIpc) is 3.34. The van der Waals surface area contributed by atoms with Crippen LogP contribution in [-0.4, -0.2) is 34.9 Å². The fraction of sp³-hybridized carbons (Fsp3) is 0.107. The van der Waals surface area contributed by atoms with Gasteiger partial charge in [0.1, 0.15) is 17.5 Å². The van der Waals surface area contributed by atoms with E-state index in [1.807, 2.05) is 78.9 Å². The number of aromatic nitrogens is 3. The van der Waals surface area contributed by atoms with Crippen molar-refractivity contribution in [1.82, 2.24) is 14.8 Å². The first-order valence-corrected chi connectivity index (χ1v) is 11.4. The number of amides is 1. The van der Waals surface area contributed by atoms with Crippen LogP contribution in [0.4, 0.5) is 11.9 Å². The van der Waals surface area contributed by atoms with Crippen LogP contribution in [-0.2, 0) is 4.79 Å². The first-order valence-electron chi connectivity index (χ1n) is 11.4. The number of hydrogen-bond donors (Lipinski definition) is 2. The number of methoxy groups -OCH3 is 2. The van der Waals surface area contributed by atoms with Crippen LogP contribution in [0.1, 0.15) is 22.7 Å². The lowest BCUT2D eigenvalue weighted by atomic mass is 10.0. The van der Waals surface area contributed by atoms with Gasteiger partial charge in [-0.1, -0.05) is 54.6 Å². The zero-order chi connectivity index (χ0) is 24.9. The summed E-state index contributed by atoms with van der Waals surface area (Å²) in [4.78, 5) is 17.1. The number of carbonyl (C=O) groups excluding carboxylic acids is 1. The molecule has 0 saturated heterocycles. The molecular formula is C28H25N5O3. The molecular weight excluding hydrogens is 454 g/mol. The van der Waals surface area contributed by atoms with E-state index < -0.39 is 0 Å². The highest BCUT2D eigenvalue weighted by molar-refractivity contribution is 6.01. The third-order valence-corrected chi connectivity index (χ3v) is 5.79. The maximum Gasteiger partial charge on any atom is 0.250 e. The lowest BCUT2D eigenvalue weighted by molar-refractivity contribution is -0.111. The predicted molar refractivity (Wildman–Crippen MR) is 140 cm³/mol. The molecule has 0 aliphatic carbocycles. The van der Waals surface area contributed by atoms with Crippen LogP contribution < -0.4 is 20.1 Å². The second kappa shape index (κ2) is 10.2. The van der Waals surface area contributed by atoms with Gasteiger partial charge in [-0.3, -0.25) is 10.1 Å². The molecule has 1 aliphatic rings. The second-order valence-corrected chi connectivity index (χ2v) is 8.09. The summed E-state index contributed by atoms with van der Waals surface area (Å²) < 4.78 is 12.2. The highest BCUT2D eigenvalue weighted by Gasteiger charge is 2.25. The van der Waals surface area contributed by atoms with Crippen LogP contribution in [0.25, 0.3) is 11.8 Å². The molecule has 0 unspecified atom stereocenters. The Labute approximate surface area is 208 Å². The van der Waals surface area contributed by atoms with Crippen LogP contribution in [0.3, 0.4) is 0 Å². The van der Waals surface area contributed by atoms with E-state index in [9.17, 15) is 4.79 Å². The quantitative estimate of drug-likeness (QED) is 0.363. The van der Waals surface area contributed by atoms with Crippen molar-refractivity contribution in [1.29, 1.82) is 0 Å². The standard InChI is InChI=1S/C28H25N5O3/c1-35-22-13-8-19(9-14-22)10-17-26(34)30-27-31-28-29-24(20-6-4-3-5-7-20)18-25(33(28)32-27)21-11-15-23(36-2)16-12-21/h3-18,25H,1-2H3,(H2,29,30,31,32,34)/b17-10+/t25-/m1/s1. The van der Waals surface area contributed by atoms with Crippen molar-refractivity contribution in [3.05, 3.63) is 108 Å². The third-order valence-electron chi connectivity index (χ3n) is 5.79. The fourth-order valence-electron chi connectivity index (χ4n) is 3.91. The van der Waals surface area contributed by atoms with E-state index in [1.54, 1.807) is 25.0 Å². The molecule has 8 heteroatoms. The van der Waals surface area contributed by atoms with Crippen molar-refractivity contribution in [2.45, 2.75) is 6.04 Å². The van der Waals surface area contributed by atoms with Crippen LogP contribution in [0.5, 0.6) is 11.5 Å². The normalized spacial score (nSPS) is 14.5. The Balaban J connectivity index is 1.40. The highest BCUT2D eigenvalue weighted by atomic mass is 16.5. The number of allylic oxidation sites excluding steroid dienone is 1. The molecule has 4 aromatic rings. The monoisotopic (exact) mass is 479 g/mol. The topological polar surface area (TPSA) is 90.3 Å². The summed E-state index contributed by atoms with van der Waals surface area (Å²) in [6.45, 7) is 0. The SMILES string of the molecule is COc1ccc(/C=C/C(=O)Nc2nc3n(n2)[C@@H](c2ccc(OC)cc2)C=C(c2ccccc2)N3)cc1. The number of nitrogens with one attached hydrogen (secondary N) is 2. The lowest BCUT2D eigenvalue weighted by Crippen LogP contribution is -2.20. The van der Waals surface area contributed by atoms with Crippen LogP contribution in [0.15, 0.2) is 91.0 Å². The van der Waals surface area contributed by atoms with E-state index in [4.69, 9.17) is 9.47 Å². The molecule has 3 aromatic carbocycles. The molecule has 0 spiro atoms. The summed E-state index contributed by atoms with van der Waals surface area (Å²) in [7, 11) is 3.25. The van der Waals surface area contributed by atoms with Crippen LogP contribution in [0, 0.1) is 0 Å². The fourth-order valence-corrected chi connectivity index (χ4v) is 3.91. The molecule has 1 atom stereocenters. The number of hydrogen-bond acceptors (Lipinski definition) is 6. The van der Waals surface area contributed by atoms with Crippen molar-refractivity contribution < 1.29 is 14.3 Å². The lowest BCUT2D eigenvalue weighted by Gasteiger charge is -2.24. The molecule has 0 radical (unpaired) electrons. The summed E-state index contributed by atoms with van der Waals surface area (Å²) >= 11 is 0. The van der Waals surface area contributed by atoms with Crippen LogP contribution in [0.2, 0.25) is 0 Å². The molecule has 2 N–H and O–H groups in total. The van der Waals surface area contributed by atoms with Gasteiger partial charge in [0.2, 0.25) is 5.95 Å². The number of ether oxygens (including phenoxy) is 2. The molecule has 2 heterocycles. The van der Waals surface area contributed by atoms with Gasteiger partial charge in [-0.2, -0.15) is 4.98 Å². The summed E-state index contributed by atoms with van der Waals surface area (Å²) in [6.07, 6.45) is 5.26. The zero-order valence-electron chi connectivity index (χ0n) is 19.9. The first-order chi connectivity index (χ1) is 17.6. The Bertz CT molecular complexity index is 1410. The van der Waals surface area contributed by atoms with Crippen molar-refractivity contribution in [3.8, 4) is 11.5 Å². The van der Waals surface area contributed by atoms with E-state index in [0.29, 0.717) is 5.95 Å². The number of carbonyl (C=O) groups is 1. The Morgan fingerprint density at radius 3 is 2.28 bits per heavy atom. The molecule has 8 nitrogen and oxygen atoms in total. The largest absolute Gasteiger partial charge is 0.497 e. The Morgan fingerprint density at radius 1 is 0.944 bits per heavy atom. The number of fused-ring (bicyclic) bond motifs is 1. The molecule has 5 rings (SSSR count). The third kappa shape index (κ3) is 4.97. The maximum atomic E-state index is 12.6. The second-order valence-electron chi connectivity index (χ2n) is 8.09. The minimum Gasteiger partial charge on any atom is -0.497 e. The van der Waals surface area contributed by atoms with Crippen molar-refractivity contribution in [2.75, 3.05) is 24.9 Å². The molecule has 0 fully saturated rings. The summed E-state index contributed by atoms with van der Waals surface area (Å²) in [6, 6.07) is 25.0. The van der Waals surface area contributed by atoms with Gasteiger partial charge in [0.15, 0.2) is 0 Å². The zero-order valence-corrected chi connectivity index (χ0v) is 19.9. The molecule has 180 valence electrons. The molecule has 1 amide bonds. The van der Waals surface area contributed by atoms with Gasteiger partial charge in [0.25, 0.3) is 11.9 Å². The first kappa shape index (κ1) is 22.9. The van der Waals surface area contributed by atoms with E-state index in [0.717, 1.165) is 33.9 Å². The van der Waals surface area contributed by atoms with E-state index in [-0.39, 0.29) is 17.9 Å². The van der Waals surface area contributed by atoms with Crippen molar-refractivity contribution >= 4 is 29.6 Å². The smallest absolute Gasteiger partial charge is 0.250 e. The van der Waals surface area contributed by atoms with Crippen LogP contribution >= 0.6 is 0 Å². The molecule has 0 bridgehead atoms. The van der Waals surface area contributed by atoms with Gasteiger partial charge in [-0.25, -0.2) is 4.68 Å². The molecule has 0 saturated carbocycles. The number of anilines is 2. The number of rotatable bonds is 7. The van der Waals surface area contributed by atoms with Crippen molar-refractivity contribution in [2.24, 2.45) is 0 Å². The molecule has 36 heavy (non-hydrogen) atoms. The van der Waals surface area contributed by atoms with Gasteiger partial charge in [-0.15, -0.1) is 5.10 Å². The van der Waals surface area contributed by atoms with E-state index in [1.165, 1.54) is 6.08 Å². The summed E-state index contributed by atoms with van der Waals surface area (Å²) in [5.41, 5.74) is 3.82. The number of nitrogens with zero attached hydrogens (tertiary/aromatic N) is 3.